The lowest BCUT2D eigenvalue weighted by molar-refractivity contribution is -0.424. The van der Waals surface area contributed by atoms with Crippen LogP contribution in [0.1, 0.15) is 0 Å². The Kier molecular flexibility index (Phi) is 8.12. The average Bonchev–Trinajstić information content (AvgIpc) is 2.54. The minimum atomic E-state index is -7.45. The van der Waals surface area contributed by atoms with Gasteiger partial charge in [0.1, 0.15) is 6.61 Å². The van der Waals surface area contributed by atoms with E-state index in [1.807, 2.05) is 0 Å². The Morgan fingerprint density at radius 1 is 0.630 bits per heavy atom. The molecule has 4 nitrogen and oxygen atoms in total. The maximum Gasteiger partial charge on any atom is 0.502 e. The molecule has 0 radical (unpaired) electrons. The van der Waals surface area contributed by atoms with Gasteiger partial charge < -0.3 is 18.0 Å². The highest BCUT2D eigenvalue weighted by Crippen LogP contribution is 2.57. The largest absolute Gasteiger partial charge is 0.502 e. The van der Waals surface area contributed by atoms with Crippen LogP contribution in [0, 0.1) is 0 Å². The smallest absolute Gasteiger partial charge is 0.377 e. The Balaban J connectivity index is 5.28. The summed E-state index contributed by atoms with van der Waals surface area (Å²) in [6, 6.07) is -0.437. The number of rotatable bonds is 11. The molecule has 0 aromatic rings. The van der Waals surface area contributed by atoms with Crippen LogP contribution in [0.15, 0.2) is 0 Å². The molecule has 0 rings (SSSR count). The molecule has 0 heterocycles. The highest BCUT2D eigenvalue weighted by Gasteiger charge is 2.87. The van der Waals surface area contributed by atoms with E-state index in [-0.39, 0.29) is 0 Å². The van der Waals surface area contributed by atoms with Crippen LogP contribution >= 0.6 is 0 Å². The fraction of sp³-hybridized carbons (Fsp3) is 1.00. The van der Waals surface area contributed by atoms with E-state index in [9.17, 15) is 48.3 Å². The maximum absolute atomic E-state index is 13.3. The summed E-state index contributed by atoms with van der Waals surface area (Å²) in [7, 11) is -0.170. The molecular weight excluding hydrogens is 433 g/mol. The molecule has 0 saturated carbocycles. The van der Waals surface area contributed by atoms with Gasteiger partial charge in [0.25, 0.3) is 0 Å². The van der Waals surface area contributed by atoms with Crippen molar-refractivity contribution in [3.05, 3.63) is 0 Å². The summed E-state index contributed by atoms with van der Waals surface area (Å²) in [6.45, 7) is -3.47. The zero-order valence-corrected chi connectivity index (χ0v) is 14.9. The van der Waals surface area contributed by atoms with Crippen LogP contribution in [0.3, 0.4) is 0 Å². The summed E-state index contributed by atoms with van der Waals surface area (Å²) >= 11 is 0. The second-order valence-corrected chi connectivity index (χ2v) is 8.11. The van der Waals surface area contributed by atoms with Gasteiger partial charge in [0.2, 0.25) is 0 Å². The molecule has 0 unspecified atom stereocenters. The molecule has 16 heteroatoms. The van der Waals surface area contributed by atoms with Gasteiger partial charge in [-0.2, -0.15) is 48.3 Å². The van der Waals surface area contributed by atoms with Gasteiger partial charge in [-0.3, -0.25) is 0 Å². The maximum atomic E-state index is 13.3. The molecule has 0 N–H and O–H groups in total. The first-order chi connectivity index (χ1) is 11.9. The first-order valence-corrected chi connectivity index (χ1v) is 8.63. The van der Waals surface area contributed by atoms with Gasteiger partial charge in [-0.25, -0.2) is 0 Å². The number of alkyl halides is 11. The average molecular weight is 448 g/mol. The molecule has 0 aliphatic rings. The summed E-state index contributed by atoms with van der Waals surface area (Å²) in [5.74, 6) is -28.0. The third kappa shape index (κ3) is 4.83. The van der Waals surface area contributed by atoms with E-state index in [4.69, 9.17) is 13.3 Å². The van der Waals surface area contributed by atoms with Gasteiger partial charge in [-0.15, -0.1) is 0 Å². The van der Waals surface area contributed by atoms with Crippen molar-refractivity contribution < 1.29 is 66.3 Å². The first-order valence-electron chi connectivity index (χ1n) is 6.70. The van der Waals surface area contributed by atoms with Crippen LogP contribution in [0.4, 0.5) is 48.3 Å². The van der Waals surface area contributed by atoms with E-state index in [1.54, 1.807) is 0 Å². The summed E-state index contributed by atoms with van der Waals surface area (Å²) in [5, 5.41) is 0. The number of hydrogen-bond acceptors (Lipinski definition) is 4. The normalized spacial score (nSPS) is 15.3. The molecule has 0 atom stereocenters. The standard InChI is InChI=1S/C11H15F11O4Si/c1-23-27(24-2,25-3)5-4-26-6-7(12,13)8(14,15)9(16,17)10(18,19)11(20,21)22/h4-6H2,1-3H3. The van der Waals surface area contributed by atoms with E-state index in [2.05, 4.69) is 4.74 Å². The molecule has 164 valence electrons. The van der Waals surface area contributed by atoms with E-state index in [0.29, 0.717) is 0 Å². The molecule has 0 amide bonds. The SMILES string of the molecule is CO[Si](CCOCC(F)(F)C(F)(F)C(F)(F)C(F)(F)C(F)(F)F)(OC)OC. The minimum absolute atomic E-state index is 0.437. The predicted octanol–water partition coefficient (Wildman–Crippen LogP) is 3.98. The monoisotopic (exact) mass is 448 g/mol. The molecule has 27 heavy (non-hydrogen) atoms. The van der Waals surface area contributed by atoms with E-state index < -0.39 is 57.9 Å². The lowest BCUT2D eigenvalue weighted by Crippen LogP contribution is -2.67. The Labute approximate surface area is 146 Å². The van der Waals surface area contributed by atoms with Gasteiger partial charge in [-0.05, 0) is 0 Å². The van der Waals surface area contributed by atoms with Crippen LogP contribution in [0.2, 0.25) is 6.04 Å². The van der Waals surface area contributed by atoms with E-state index in [0.717, 1.165) is 21.3 Å². The lowest BCUT2D eigenvalue weighted by atomic mass is 9.98. The zero-order valence-electron chi connectivity index (χ0n) is 13.9. The second-order valence-electron chi connectivity index (χ2n) is 5.02. The Bertz CT molecular complexity index is 471. The third-order valence-electron chi connectivity index (χ3n) is 3.37. The molecule has 0 fully saturated rings. The van der Waals surface area contributed by atoms with E-state index >= 15 is 0 Å². The van der Waals surface area contributed by atoms with Crippen LogP contribution in [-0.2, 0) is 18.0 Å². The highest BCUT2D eigenvalue weighted by molar-refractivity contribution is 6.60. The van der Waals surface area contributed by atoms with Crippen molar-refractivity contribution >= 4 is 8.80 Å². The van der Waals surface area contributed by atoms with Gasteiger partial charge in [0.15, 0.2) is 0 Å². The van der Waals surface area contributed by atoms with Gasteiger partial charge >= 0.3 is 38.7 Å². The van der Waals surface area contributed by atoms with Crippen LogP contribution in [0.5, 0.6) is 0 Å². The molecular formula is C11H15F11O4Si. The molecule has 0 aromatic carbocycles. The third-order valence-corrected chi connectivity index (χ3v) is 6.06. The van der Waals surface area contributed by atoms with Crippen molar-refractivity contribution in [2.45, 2.75) is 35.9 Å². The van der Waals surface area contributed by atoms with Crippen molar-refractivity contribution in [2.75, 3.05) is 34.5 Å². The first kappa shape index (κ1) is 26.3. The van der Waals surface area contributed by atoms with Gasteiger partial charge in [-0.1, -0.05) is 0 Å². The van der Waals surface area contributed by atoms with Crippen molar-refractivity contribution in [2.24, 2.45) is 0 Å². The van der Waals surface area contributed by atoms with Gasteiger partial charge in [0, 0.05) is 27.4 Å². The number of ether oxygens (including phenoxy) is 1. The van der Waals surface area contributed by atoms with Crippen molar-refractivity contribution in [1.29, 1.82) is 0 Å². The summed E-state index contributed by atoms with van der Waals surface area (Å²) in [4.78, 5) is 0. The Morgan fingerprint density at radius 2 is 1.04 bits per heavy atom. The molecule has 0 bridgehead atoms. The highest BCUT2D eigenvalue weighted by atomic mass is 28.4. The lowest BCUT2D eigenvalue weighted by Gasteiger charge is -2.37. The van der Waals surface area contributed by atoms with Crippen LogP contribution in [-0.4, -0.2) is 73.2 Å². The molecule has 0 aliphatic carbocycles. The summed E-state index contributed by atoms with van der Waals surface area (Å²) in [5.41, 5.74) is 0. The van der Waals surface area contributed by atoms with Crippen LogP contribution in [0.25, 0.3) is 0 Å². The second kappa shape index (κ2) is 8.34. The van der Waals surface area contributed by atoms with Crippen LogP contribution < -0.4 is 0 Å². The number of hydrogen-bond donors (Lipinski definition) is 0. The molecule has 0 spiro atoms. The minimum Gasteiger partial charge on any atom is -0.377 e. The van der Waals surface area contributed by atoms with Crippen molar-refractivity contribution in [1.82, 2.24) is 0 Å². The van der Waals surface area contributed by atoms with Crippen molar-refractivity contribution in [3.63, 3.8) is 0 Å². The Morgan fingerprint density at radius 3 is 1.37 bits per heavy atom. The summed E-state index contributed by atoms with van der Waals surface area (Å²) in [6.07, 6.45) is -7.20. The van der Waals surface area contributed by atoms with E-state index in [1.165, 1.54) is 0 Å². The molecule has 0 aliphatic heterocycles. The molecule has 0 saturated heterocycles. The quantitative estimate of drug-likeness (QED) is 0.272. The fourth-order valence-corrected chi connectivity index (χ4v) is 3.16. The fourth-order valence-electron chi connectivity index (χ4n) is 1.65. The number of halogens is 11. The topological polar surface area (TPSA) is 36.9 Å². The zero-order chi connectivity index (χ0) is 21.9. The predicted molar refractivity (Wildman–Crippen MR) is 68.3 cm³/mol. The summed E-state index contributed by atoms with van der Waals surface area (Å²) < 4.78 is 159. The molecule has 0 aromatic heterocycles. The van der Waals surface area contributed by atoms with Crippen molar-refractivity contribution in [3.8, 4) is 0 Å². The van der Waals surface area contributed by atoms with Gasteiger partial charge in [0.05, 0.1) is 6.61 Å². The Hall–Kier alpha value is -0.713.